The third-order valence-electron chi connectivity index (χ3n) is 3.44. The van der Waals surface area contributed by atoms with Crippen molar-refractivity contribution in [3.05, 3.63) is 24.2 Å². The van der Waals surface area contributed by atoms with Gasteiger partial charge in [-0.25, -0.2) is 0 Å². The van der Waals surface area contributed by atoms with Gasteiger partial charge in [-0.2, -0.15) is 0 Å². The van der Waals surface area contributed by atoms with Crippen LogP contribution in [0.25, 0.3) is 0 Å². The number of hydrogen-bond acceptors (Lipinski definition) is 2. The molecule has 2 heterocycles. The van der Waals surface area contributed by atoms with E-state index in [2.05, 4.69) is 6.92 Å². The first kappa shape index (κ1) is 11.2. The molecule has 2 rings (SSSR count). The van der Waals surface area contributed by atoms with Crippen LogP contribution in [0, 0.1) is 5.92 Å². The second-order valence-electron chi connectivity index (χ2n) is 4.47. The number of carbonyl (C=O) groups is 1. The Morgan fingerprint density at radius 3 is 3.06 bits per heavy atom. The smallest absolute Gasteiger partial charge is 0.289 e. The van der Waals surface area contributed by atoms with Crippen LogP contribution in [0.2, 0.25) is 0 Å². The van der Waals surface area contributed by atoms with Gasteiger partial charge in [0.25, 0.3) is 5.91 Å². The van der Waals surface area contributed by atoms with Crippen LogP contribution < -0.4 is 0 Å². The zero-order chi connectivity index (χ0) is 11.4. The average Bonchev–Trinajstić information content (AvgIpc) is 2.73. The van der Waals surface area contributed by atoms with Gasteiger partial charge in [0, 0.05) is 13.1 Å². The quantitative estimate of drug-likeness (QED) is 0.769. The SMILES string of the molecule is CCC1CCCN(C(=O)c2ccco2)CC1. The number of carbonyl (C=O) groups excluding carboxylic acids is 1. The molecule has 0 bridgehead atoms. The molecule has 1 unspecified atom stereocenters. The molecule has 1 saturated heterocycles. The Balaban J connectivity index is 1.97. The Hall–Kier alpha value is -1.25. The molecule has 0 aliphatic carbocycles. The molecular formula is C13H19NO2. The van der Waals surface area contributed by atoms with E-state index in [1.54, 1.807) is 18.4 Å². The molecule has 1 amide bonds. The van der Waals surface area contributed by atoms with Gasteiger partial charge in [0.2, 0.25) is 0 Å². The van der Waals surface area contributed by atoms with Gasteiger partial charge >= 0.3 is 0 Å². The van der Waals surface area contributed by atoms with Crippen LogP contribution in [0.4, 0.5) is 0 Å². The molecule has 1 aromatic heterocycles. The van der Waals surface area contributed by atoms with E-state index in [1.807, 2.05) is 4.90 Å². The molecule has 1 aromatic rings. The van der Waals surface area contributed by atoms with E-state index in [0.29, 0.717) is 5.76 Å². The van der Waals surface area contributed by atoms with E-state index in [-0.39, 0.29) is 5.91 Å². The van der Waals surface area contributed by atoms with E-state index in [0.717, 1.165) is 31.8 Å². The van der Waals surface area contributed by atoms with Gasteiger partial charge in [-0.1, -0.05) is 13.3 Å². The summed E-state index contributed by atoms with van der Waals surface area (Å²) in [5.74, 6) is 1.30. The molecule has 0 N–H and O–H groups in total. The van der Waals surface area contributed by atoms with Crippen molar-refractivity contribution >= 4 is 5.91 Å². The van der Waals surface area contributed by atoms with Gasteiger partial charge < -0.3 is 9.32 Å². The Kier molecular flexibility index (Phi) is 3.65. The van der Waals surface area contributed by atoms with E-state index in [4.69, 9.17) is 4.42 Å². The largest absolute Gasteiger partial charge is 0.459 e. The minimum absolute atomic E-state index is 0.0433. The minimum atomic E-state index is 0.0433. The van der Waals surface area contributed by atoms with Gasteiger partial charge in [-0.3, -0.25) is 4.79 Å². The fraction of sp³-hybridized carbons (Fsp3) is 0.615. The first-order valence-corrected chi connectivity index (χ1v) is 6.14. The van der Waals surface area contributed by atoms with E-state index >= 15 is 0 Å². The van der Waals surface area contributed by atoms with E-state index in [9.17, 15) is 4.79 Å². The second kappa shape index (κ2) is 5.19. The average molecular weight is 221 g/mol. The van der Waals surface area contributed by atoms with Crippen molar-refractivity contribution < 1.29 is 9.21 Å². The highest BCUT2D eigenvalue weighted by Crippen LogP contribution is 2.21. The highest BCUT2D eigenvalue weighted by molar-refractivity contribution is 5.91. The maximum Gasteiger partial charge on any atom is 0.289 e. The number of rotatable bonds is 2. The molecule has 1 aliphatic heterocycles. The van der Waals surface area contributed by atoms with Gasteiger partial charge in [-0.15, -0.1) is 0 Å². The lowest BCUT2D eigenvalue weighted by Crippen LogP contribution is -2.31. The highest BCUT2D eigenvalue weighted by Gasteiger charge is 2.22. The van der Waals surface area contributed by atoms with E-state index < -0.39 is 0 Å². The van der Waals surface area contributed by atoms with Crippen LogP contribution >= 0.6 is 0 Å². The van der Waals surface area contributed by atoms with Crippen LogP contribution in [0.15, 0.2) is 22.8 Å². The van der Waals surface area contributed by atoms with Crippen LogP contribution in [0.1, 0.15) is 43.2 Å². The lowest BCUT2D eigenvalue weighted by Gasteiger charge is -2.19. The molecule has 1 atom stereocenters. The van der Waals surface area contributed by atoms with Crippen molar-refractivity contribution in [1.29, 1.82) is 0 Å². The molecule has 0 saturated carbocycles. The summed E-state index contributed by atoms with van der Waals surface area (Å²) < 4.78 is 5.15. The summed E-state index contributed by atoms with van der Waals surface area (Å²) in [4.78, 5) is 14.0. The predicted molar refractivity (Wildman–Crippen MR) is 62.2 cm³/mol. The third-order valence-corrected chi connectivity index (χ3v) is 3.44. The van der Waals surface area contributed by atoms with Gasteiger partial charge in [-0.05, 0) is 37.3 Å². The Bertz CT molecular complexity index is 332. The topological polar surface area (TPSA) is 33.5 Å². The zero-order valence-electron chi connectivity index (χ0n) is 9.82. The first-order chi connectivity index (χ1) is 7.81. The molecular weight excluding hydrogens is 202 g/mol. The van der Waals surface area contributed by atoms with Crippen molar-refractivity contribution in [2.24, 2.45) is 5.92 Å². The van der Waals surface area contributed by atoms with Crippen molar-refractivity contribution in [2.75, 3.05) is 13.1 Å². The fourth-order valence-corrected chi connectivity index (χ4v) is 2.33. The monoisotopic (exact) mass is 221 g/mol. The minimum Gasteiger partial charge on any atom is -0.459 e. The van der Waals surface area contributed by atoms with Crippen molar-refractivity contribution in [2.45, 2.75) is 32.6 Å². The zero-order valence-corrected chi connectivity index (χ0v) is 9.82. The highest BCUT2D eigenvalue weighted by atomic mass is 16.3. The Morgan fingerprint density at radius 1 is 1.50 bits per heavy atom. The molecule has 1 fully saturated rings. The molecule has 3 heteroatoms. The predicted octanol–water partition coefficient (Wildman–Crippen LogP) is 2.93. The summed E-state index contributed by atoms with van der Waals surface area (Å²) >= 11 is 0. The third kappa shape index (κ3) is 2.46. The van der Waals surface area contributed by atoms with Crippen molar-refractivity contribution in [3.63, 3.8) is 0 Å². The molecule has 0 radical (unpaired) electrons. The van der Waals surface area contributed by atoms with Gasteiger partial charge in [0.15, 0.2) is 5.76 Å². The standard InChI is InChI=1S/C13H19NO2/c1-2-11-5-3-8-14(9-7-11)13(15)12-6-4-10-16-12/h4,6,10-11H,2-3,5,7-9H2,1H3. The second-order valence-corrected chi connectivity index (χ2v) is 4.47. The van der Waals surface area contributed by atoms with E-state index in [1.165, 1.54) is 12.8 Å². The Morgan fingerprint density at radius 2 is 2.38 bits per heavy atom. The number of amides is 1. The number of furan rings is 1. The molecule has 0 spiro atoms. The van der Waals surface area contributed by atoms with Crippen LogP contribution in [0.5, 0.6) is 0 Å². The lowest BCUT2D eigenvalue weighted by atomic mass is 9.98. The van der Waals surface area contributed by atoms with Crippen LogP contribution in [-0.2, 0) is 0 Å². The summed E-state index contributed by atoms with van der Waals surface area (Å²) in [5, 5.41) is 0. The van der Waals surface area contributed by atoms with Gasteiger partial charge in [0.1, 0.15) is 0 Å². The molecule has 16 heavy (non-hydrogen) atoms. The summed E-state index contributed by atoms with van der Waals surface area (Å²) in [5.41, 5.74) is 0. The summed E-state index contributed by atoms with van der Waals surface area (Å²) in [6.45, 7) is 3.97. The van der Waals surface area contributed by atoms with Crippen molar-refractivity contribution in [3.8, 4) is 0 Å². The summed E-state index contributed by atoms with van der Waals surface area (Å²) in [6, 6.07) is 3.50. The lowest BCUT2D eigenvalue weighted by molar-refractivity contribution is 0.0728. The summed E-state index contributed by atoms with van der Waals surface area (Å²) in [7, 11) is 0. The number of hydrogen-bond donors (Lipinski definition) is 0. The molecule has 0 aromatic carbocycles. The molecule has 1 aliphatic rings. The maximum atomic E-state index is 12.0. The number of nitrogens with zero attached hydrogens (tertiary/aromatic N) is 1. The van der Waals surface area contributed by atoms with Crippen molar-refractivity contribution in [1.82, 2.24) is 4.90 Å². The summed E-state index contributed by atoms with van der Waals surface area (Å²) in [6.07, 6.45) is 6.27. The normalized spacial score (nSPS) is 21.8. The number of likely N-dealkylation sites (tertiary alicyclic amines) is 1. The van der Waals surface area contributed by atoms with Gasteiger partial charge in [0.05, 0.1) is 6.26 Å². The fourth-order valence-electron chi connectivity index (χ4n) is 2.33. The maximum absolute atomic E-state index is 12.0. The Labute approximate surface area is 96.4 Å². The van der Waals surface area contributed by atoms with Crippen LogP contribution in [-0.4, -0.2) is 23.9 Å². The first-order valence-electron chi connectivity index (χ1n) is 6.14. The molecule has 3 nitrogen and oxygen atoms in total. The molecule has 88 valence electrons. The van der Waals surface area contributed by atoms with Crippen LogP contribution in [0.3, 0.4) is 0 Å².